The van der Waals surface area contributed by atoms with Gasteiger partial charge in [-0.05, 0) is 43.8 Å². The molecule has 0 aromatic carbocycles. The second-order valence-electron chi connectivity index (χ2n) is 5.79. The van der Waals surface area contributed by atoms with Gasteiger partial charge in [-0.15, -0.1) is 5.10 Å². The first-order valence-corrected chi connectivity index (χ1v) is 8.25. The number of ether oxygens (including phenoxy) is 2. The van der Waals surface area contributed by atoms with Gasteiger partial charge in [0.2, 0.25) is 0 Å². The van der Waals surface area contributed by atoms with Gasteiger partial charge in [0.05, 0.1) is 22.8 Å². The van der Waals surface area contributed by atoms with E-state index in [1.54, 1.807) is 0 Å². The lowest BCUT2D eigenvalue weighted by atomic mass is 9.80. The third kappa shape index (κ3) is 2.62. The Morgan fingerprint density at radius 3 is 3.10 bits per heavy atom. The molecule has 0 saturated carbocycles. The fourth-order valence-corrected chi connectivity index (χ4v) is 4.43. The molecule has 1 N–H and O–H groups in total. The molecule has 0 amide bonds. The van der Waals surface area contributed by atoms with Crippen molar-refractivity contribution in [2.45, 2.75) is 44.2 Å². The maximum atomic E-state index is 6.04. The molecule has 0 radical (unpaired) electrons. The van der Waals surface area contributed by atoms with E-state index in [1.807, 2.05) is 7.05 Å². The molecule has 0 aliphatic carbocycles. The van der Waals surface area contributed by atoms with Crippen LogP contribution in [0.2, 0.25) is 0 Å². The topological polar surface area (TPSA) is 56.3 Å². The number of aryl methyl sites for hydroxylation is 1. The lowest BCUT2D eigenvalue weighted by Crippen LogP contribution is -2.43. The second kappa shape index (κ2) is 6.05. The molecule has 0 bridgehead atoms. The van der Waals surface area contributed by atoms with Gasteiger partial charge in [-0.3, -0.25) is 0 Å². The van der Waals surface area contributed by atoms with E-state index >= 15 is 0 Å². The summed E-state index contributed by atoms with van der Waals surface area (Å²) < 4.78 is 15.8. The van der Waals surface area contributed by atoms with E-state index in [2.05, 4.69) is 21.8 Å². The molecular weight excluding hydrogens is 274 g/mol. The predicted molar refractivity (Wildman–Crippen MR) is 77.9 cm³/mol. The van der Waals surface area contributed by atoms with Crippen molar-refractivity contribution >= 4 is 11.5 Å². The van der Waals surface area contributed by atoms with Crippen LogP contribution in [0.5, 0.6) is 0 Å². The smallest absolute Gasteiger partial charge is 0.0940 e. The van der Waals surface area contributed by atoms with Crippen LogP contribution in [0, 0.1) is 5.92 Å². The lowest BCUT2D eigenvalue weighted by Gasteiger charge is -2.40. The van der Waals surface area contributed by atoms with Gasteiger partial charge in [0.15, 0.2) is 0 Å². The standard InChI is InChI=1S/C14H23N3O2S/c1-3-11-13(20-17-16-11)12(15-2)10-4-6-19-14(8-10)5-7-18-9-14/h10,12,15H,3-9H2,1-2H3. The molecular formula is C14H23N3O2S. The summed E-state index contributed by atoms with van der Waals surface area (Å²) >= 11 is 1.54. The Balaban J connectivity index is 1.78. The first kappa shape index (κ1) is 14.4. The van der Waals surface area contributed by atoms with Crippen LogP contribution in [0.15, 0.2) is 0 Å². The highest BCUT2D eigenvalue weighted by Gasteiger charge is 2.43. The Labute approximate surface area is 124 Å². The van der Waals surface area contributed by atoms with Crippen molar-refractivity contribution in [3.8, 4) is 0 Å². The highest BCUT2D eigenvalue weighted by atomic mass is 32.1. The van der Waals surface area contributed by atoms with Crippen LogP contribution in [-0.4, -0.2) is 42.1 Å². The van der Waals surface area contributed by atoms with Gasteiger partial charge in [0.1, 0.15) is 0 Å². The van der Waals surface area contributed by atoms with Gasteiger partial charge in [-0.25, -0.2) is 0 Å². The highest BCUT2D eigenvalue weighted by Crippen LogP contribution is 2.41. The average molecular weight is 297 g/mol. The fourth-order valence-electron chi connectivity index (χ4n) is 3.49. The molecule has 3 unspecified atom stereocenters. The Hall–Kier alpha value is -0.560. The summed E-state index contributed by atoms with van der Waals surface area (Å²) in [4.78, 5) is 1.30. The van der Waals surface area contributed by atoms with Crippen LogP contribution >= 0.6 is 11.5 Å². The first-order chi connectivity index (χ1) is 9.78. The van der Waals surface area contributed by atoms with Crippen LogP contribution in [0.4, 0.5) is 0 Å². The lowest BCUT2D eigenvalue weighted by molar-refractivity contribution is -0.103. The van der Waals surface area contributed by atoms with Crippen LogP contribution < -0.4 is 5.32 Å². The second-order valence-corrected chi connectivity index (χ2v) is 6.58. The molecule has 1 spiro atoms. The maximum Gasteiger partial charge on any atom is 0.0940 e. The van der Waals surface area contributed by atoms with Crippen LogP contribution in [-0.2, 0) is 15.9 Å². The number of nitrogens with zero attached hydrogens (tertiary/aromatic N) is 2. The molecule has 3 rings (SSSR count). The molecule has 1 aromatic rings. The Bertz CT molecular complexity index is 445. The molecule has 1 aromatic heterocycles. The number of aromatic nitrogens is 2. The van der Waals surface area contributed by atoms with Crippen LogP contribution in [0.25, 0.3) is 0 Å². The minimum Gasteiger partial charge on any atom is -0.378 e. The molecule has 2 aliphatic heterocycles. The van der Waals surface area contributed by atoms with E-state index in [9.17, 15) is 0 Å². The minimum absolute atomic E-state index is 0.0392. The van der Waals surface area contributed by atoms with Gasteiger partial charge in [-0.2, -0.15) is 0 Å². The number of nitrogens with one attached hydrogen (secondary N) is 1. The molecule has 6 heteroatoms. The molecule has 5 nitrogen and oxygen atoms in total. The zero-order valence-corrected chi connectivity index (χ0v) is 13.0. The summed E-state index contributed by atoms with van der Waals surface area (Å²) in [5, 5.41) is 7.75. The Morgan fingerprint density at radius 2 is 2.40 bits per heavy atom. The van der Waals surface area contributed by atoms with Crippen molar-refractivity contribution in [1.82, 2.24) is 14.9 Å². The van der Waals surface area contributed by atoms with Crippen molar-refractivity contribution in [2.75, 3.05) is 26.9 Å². The van der Waals surface area contributed by atoms with Gasteiger partial charge in [-0.1, -0.05) is 11.4 Å². The van der Waals surface area contributed by atoms with Crippen molar-refractivity contribution in [2.24, 2.45) is 5.92 Å². The molecule has 20 heavy (non-hydrogen) atoms. The number of hydrogen-bond donors (Lipinski definition) is 1. The fraction of sp³-hybridized carbons (Fsp3) is 0.857. The van der Waals surface area contributed by atoms with Crippen molar-refractivity contribution in [1.29, 1.82) is 0 Å². The third-order valence-electron chi connectivity index (χ3n) is 4.58. The number of rotatable bonds is 4. The van der Waals surface area contributed by atoms with Crippen molar-refractivity contribution < 1.29 is 9.47 Å². The minimum atomic E-state index is -0.0392. The van der Waals surface area contributed by atoms with Gasteiger partial charge < -0.3 is 14.8 Å². The molecule has 2 fully saturated rings. The van der Waals surface area contributed by atoms with E-state index < -0.39 is 0 Å². The molecule has 112 valence electrons. The summed E-state index contributed by atoms with van der Waals surface area (Å²) in [7, 11) is 2.04. The molecule has 2 saturated heterocycles. The monoisotopic (exact) mass is 297 g/mol. The maximum absolute atomic E-state index is 6.04. The van der Waals surface area contributed by atoms with E-state index in [0.29, 0.717) is 12.0 Å². The zero-order valence-electron chi connectivity index (χ0n) is 12.2. The van der Waals surface area contributed by atoms with E-state index in [-0.39, 0.29) is 5.60 Å². The largest absolute Gasteiger partial charge is 0.378 e. The first-order valence-electron chi connectivity index (χ1n) is 7.48. The molecule has 3 heterocycles. The van der Waals surface area contributed by atoms with Crippen molar-refractivity contribution in [3.05, 3.63) is 10.6 Å². The predicted octanol–water partition coefficient (Wildman–Crippen LogP) is 1.95. The van der Waals surface area contributed by atoms with E-state index in [0.717, 1.165) is 51.2 Å². The Kier molecular flexibility index (Phi) is 4.35. The zero-order chi connectivity index (χ0) is 14.0. The molecule has 3 atom stereocenters. The summed E-state index contributed by atoms with van der Waals surface area (Å²) in [6, 6.07) is 0.339. The molecule has 2 aliphatic rings. The van der Waals surface area contributed by atoms with E-state index in [4.69, 9.17) is 9.47 Å². The summed E-state index contributed by atoms with van der Waals surface area (Å²) in [5.41, 5.74) is 1.10. The van der Waals surface area contributed by atoms with Crippen molar-refractivity contribution in [3.63, 3.8) is 0 Å². The van der Waals surface area contributed by atoms with Crippen LogP contribution in [0.1, 0.15) is 42.8 Å². The summed E-state index contributed by atoms with van der Waals surface area (Å²) in [6.07, 6.45) is 4.14. The number of hydrogen-bond acceptors (Lipinski definition) is 6. The SMILES string of the molecule is CCc1nnsc1C(NC)C1CCOC2(CCOC2)C1. The van der Waals surface area contributed by atoms with Crippen LogP contribution in [0.3, 0.4) is 0 Å². The van der Waals surface area contributed by atoms with E-state index in [1.165, 1.54) is 16.4 Å². The average Bonchev–Trinajstić information content (AvgIpc) is 3.10. The summed E-state index contributed by atoms with van der Waals surface area (Å²) in [5.74, 6) is 0.572. The van der Waals surface area contributed by atoms with Gasteiger partial charge in [0.25, 0.3) is 0 Å². The normalized spacial score (nSPS) is 31.8. The van der Waals surface area contributed by atoms with Gasteiger partial charge in [0, 0.05) is 25.7 Å². The highest BCUT2D eigenvalue weighted by molar-refractivity contribution is 7.05. The van der Waals surface area contributed by atoms with Gasteiger partial charge >= 0.3 is 0 Å². The third-order valence-corrected chi connectivity index (χ3v) is 5.43. The summed E-state index contributed by atoms with van der Waals surface area (Å²) in [6.45, 7) is 4.56. The quantitative estimate of drug-likeness (QED) is 0.920. The Morgan fingerprint density at radius 1 is 1.50 bits per heavy atom.